The van der Waals surface area contributed by atoms with E-state index in [2.05, 4.69) is 4.57 Å². The highest BCUT2D eigenvalue weighted by Crippen LogP contribution is 2.28. The first-order chi connectivity index (χ1) is 12.1. The lowest BCUT2D eigenvalue weighted by molar-refractivity contribution is 0.834. The molecule has 0 amide bonds. The molecule has 0 spiro atoms. The molecule has 0 unspecified atom stereocenters. The molecular formula is C20H13Cl3N2. The molecule has 2 nitrogen and oxygen atoms in total. The summed E-state index contributed by atoms with van der Waals surface area (Å²) in [4.78, 5) is 4.80. The fourth-order valence-electron chi connectivity index (χ4n) is 2.85. The third-order valence-corrected chi connectivity index (χ3v) is 4.81. The second-order valence-corrected chi connectivity index (χ2v) is 7.10. The zero-order valence-electron chi connectivity index (χ0n) is 13.1. The third kappa shape index (κ3) is 3.38. The highest BCUT2D eigenvalue weighted by Gasteiger charge is 2.13. The smallest absolute Gasteiger partial charge is 0.141 e. The van der Waals surface area contributed by atoms with Crippen molar-refractivity contribution in [2.75, 3.05) is 0 Å². The molecule has 4 aromatic rings. The van der Waals surface area contributed by atoms with Crippen molar-refractivity contribution in [1.82, 2.24) is 9.55 Å². The lowest BCUT2D eigenvalue weighted by Gasteiger charge is -2.10. The molecule has 0 aliphatic carbocycles. The molecule has 3 aromatic carbocycles. The number of nitrogens with zero attached hydrogens (tertiary/aromatic N) is 2. The Labute approximate surface area is 160 Å². The van der Waals surface area contributed by atoms with Crippen LogP contribution in [0, 0.1) is 0 Å². The Kier molecular flexibility index (Phi) is 4.43. The monoisotopic (exact) mass is 386 g/mol. The van der Waals surface area contributed by atoms with Crippen LogP contribution >= 0.6 is 34.8 Å². The first-order valence-electron chi connectivity index (χ1n) is 7.76. The van der Waals surface area contributed by atoms with Gasteiger partial charge in [-0.25, -0.2) is 4.98 Å². The first kappa shape index (κ1) is 16.5. The molecule has 0 atom stereocenters. The van der Waals surface area contributed by atoms with E-state index >= 15 is 0 Å². The maximum absolute atomic E-state index is 6.14. The summed E-state index contributed by atoms with van der Waals surface area (Å²) >= 11 is 18.2. The van der Waals surface area contributed by atoms with Crippen molar-refractivity contribution in [2.45, 2.75) is 6.54 Å². The zero-order chi connectivity index (χ0) is 17.4. The summed E-state index contributed by atoms with van der Waals surface area (Å²) in [7, 11) is 0. The topological polar surface area (TPSA) is 17.8 Å². The number of imidazole rings is 1. The molecule has 5 heteroatoms. The van der Waals surface area contributed by atoms with Crippen LogP contribution in [0.5, 0.6) is 0 Å². The van der Waals surface area contributed by atoms with E-state index in [9.17, 15) is 0 Å². The first-order valence-corrected chi connectivity index (χ1v) is 8.90. The highest BCUT2D eigenvalue weighted by atomic mass is 35.5. The van der Waals surface area contributed by atoms with Crippen molar-refractivity contribution in [3.63, 3.8) is 0 Å². The lowest BCUT2D eigenvalue weighted by Crippen LogP contribution is -2.02. The summed E-state index contributed by atoms with van der Waals surface area (Å²) in [5.41, 5.74) is 4.05. The predicted octanol–water partition coefficient (Wildman–Crippen LogP) is 6.71. The molecule has 25 heavy (non-hydrogen) atoms. The van der Waals surface area contributed by atoms with Gasteiger partial charge in [0.15, 0.2) is 0 Å². The average molecular weight is 388 g/mol. The number of fused-ring (bicyclic) bond motifs is 1. The van der Waals surface area contributed by atoms with E-state index in [1.54, 1.807) is 0 Å². The van der Waals surface area contributed by atoms with Crippen molar-refractivity contribution in [1.29, 1.82) is 0 Å². The summed E-state index contributed by atoms with van der Waals surface area (Å²) in [5.74, 6) is 0.879. The molecule has 0 saturated carbocycles. The molecule has 1 aromatic heterocycles. The van der Waals surface area contributed by atoms with Crippen molar-refractivity contribution >= 4 is 45.8 Å². The van der Waals surface area contributed by atoms with Crippen LogP contribution in [-0.4, -0.2) is 9.55 Å². The minimum atomic E-state index is 0.672. The van der Waals surface area contributed by atoms with E-state index in [4.69, 9.17) is 39.8 Å². The number of aromatic nitrogens is 2. The van der Waals surface area contributed by atoms with Crippen LogP contribution < -0.4 is 0 Å². The van der Waals surface area contributed by atoms with Gasteiger partial charge in [-0.3, -0.25) is 0 Å². The number of halogens is 3. The van der Waals surface area contributed by atoms with E-state index in [0.717, 1.165) is 33.0 Å². The Morgan fingerprint density at radius 1 is 0.720 bits per heavy atom. The predicted molar refractivity (Wildman–Crippen MR) is 106 cm³/mol. The summed E-state index contributed by atoms with van der Waals surface area (Å²) in [6.07, 6.45) is 0. The zero-order valence-corrected chi connectivity index (χ0v) is 15.4. The Balaban J connectivity index is 1.88. The molecule has 0 N–H and O–H groups in total. The van der Waals surface area contributed by atoms with E-state index in [0.29, 0.717) is 16.6 Å². The van der Waals surface area contributed by atoms with Crippen molar-refractivity contribution in [3.05, 3.63) is 87.4 Å². The fraction of sp³-hybridized carbons (Fsp3) is 0.0500. The SMILES string of the molecule is Clc1ccc(Cn2c(-c3ccc(Cl)cc3)nc3cc(Cl)ccc32)cc1. The average Bonchev–Trinajstić information content (AvgIpc) is 2.95. The quantitative estimate of drug-likeness (QED) is 0.382. The van der Waals surface area contributed by atoms with Crippen LogP contribution in [0.4, 0.5) is 0 Å². The highest BCUT2D eigenvalue weighted by molar-refractivity contribution is 6.31. The molecule has 0 saturated heterocycles. The van der Waals surface area contributed by atoms with Crippen LogP contribution in [0.25, 0.3) is 22.4 Å². The molecular weight excluding hydrogens is 375 g/mol. The van der Waals surface area contributed by atoms with Gasteiger partial charge < -0.3 is 4.57 Å². The summed E-state index contributed by atoms with van der Waals surface area (Å²) in [6.45, 7) is 0.688. The number of rotatable bonds is 3. The Morgan fingerprint density at radius 2 is 1.32 bits per heavy atom. The molecule has 0 fully saturated rings. The normalized spacial score (nSPS) is 11.2. The largest absolute Gasteiger partial charge is 0.319 e. The van der Waals surface area contributed by atoms with E-state index < -0.39 is 0 Å². The molecule has 0 radical (unpaired) electrons. The molecule has 0 aliphatic rings. The van der Waals surface area contributed by atoms with Gasteiger partial charge in [0.05, 0.1) is 11.0 Å². The van der Waals surface area contributed by atoms with Crippen molar-refractivity contribution in [2.24, 2.45) is 0 Å². The molecule has 0 bridgehead atoms. The van der Waals surface area contributed by atoms with Gasteiger partial charge >= 0.3 is 0 Å². The number of benzene rings is 3. The van der Waals surface area contributed by atoms with Gasteiger partial charge in [-0.2, -0.15) is 0 Å². The molecule has 0 aliphatic heterocycles. The molecule has 4 rings (SSSR count). The third-order valence-electron chi connectivity index (χ3n) is 4.07. The molecule has 1 heterocycles. The van der Waals surface area contributed by atoms with E-state index in [1.807, 2.05) is 66.7 Å². The van der Waals surface area contributed by atoms with Crippen LogP contribution in [0.3, 0.4) is 0 Å². The van der Waals surface area contributed by atoms with Crippen LogP contribution in [0.15, 0.2) is 66.7 Å². The maximum Gasteiger partial charge on any atom is 0.141 e. The van der Waals surface area contributed by atoms with E-state index in [1.165, 1.54) is 0 Å². The van der Waals surface area contributed by atoms with Gasteiger partial charge in [-0.05, 0) is 60.2 Å². The summed E-state index contributed by atoms with van der Waals surface area (Å²) in [6, 6.07) is 21.3. The second-order valence-electron chi connectivity index (χ2n) is 5.79. The van der Waals surface area contributed by atoms with Crippen molar-refractivity contribution in [3.8, 4) is 11.4 Å². The van der Waals surface area contributed by atoms with Gasteiger partial charge in [-0.15, -0.1) is 0 Å². The van der Waals surface area contributed by atoms with Gasteiger partial charge in [0.1, 0.15) is 5.82 Å². The minimum Gasteiger partial charge on any atom is -0.319 e. The van der Waals surface area contributed by atoms with Crippen molar-refractivity contribution < 1.29 is 0 Å². The lowest BCUT2D eigenvalue weighted by atomic mass is 10.2. The van der Waals surface area contributed by atoms with E-state index in [-0.39, 0.29) is 0 Å². The minimum absolute atomic E-state index is 0.672. The fourth-order valence-corrected chi connectivity index (χ4v) is 3.27. The Bertz CT molecular complexity index is 1040. The maximum atomic E-state index is 6.14. The molecule has 124 valence electrons. The standard InChI is InChI=1S/C20H13Cl3N2/c21-15-5-1-13(2-6-15)12-25-19-10-9-17(23)11-18(19)24-20(25)14-3-7-16(22)8-4-14/h1-11H,12H2. The van der Waals surface area contributed by atoms with Crippen LogP contribution in [0.2, 0.25) is 15.1 Å². The Hall–Kier alpha value is -2.00. The van der Waals surface area contributed by atoms with Crippen LogP contribution in [0.1, 0.15) is 5.56 Å². The van der Waals surface area contributed by atoms with Gasteiger partial charge in [0, 0.05) is 27.2 Å². The van der Waals surface area contributed by atoms with Crippen LogP contribution in [-0.2, 0) is 6.54 Å². The van der Waals surface area contributed by atoms with Gasteiger partial charge in [0.2, 0.25) is 0 Å². The number of hydrogen-bond donors (Lipinski definition) is 0. The summed E-state index contributed by atoms with van der Waals surface area (Å²) in [5, 5.41) is 2.10. The Morgan fingerprint density at radius 3 is 2.00 bits per heavy atom. The number of hydrogen-bond acceptors (Lipinski definition) is 1. The summed E-state index contributed by atoms with van der Waals surface area (Å²) < 4.78 is 2.18. The van der Waals surface area contributed by atoms with Gasteiger partial charge in [0.25, 0.3) is 0 Å². The van der Waals surface area contributed by atoms with Gasteiger partial charge in [-0.1, -0.05) is 46.9 Å². The second kappa shape index (κ2) is 6.72.